The van der Waals surface area contributed by atoms with Crippen molar-refractivity contribution in [3.05, 3.63) is 65.7 Å². The molecule has 0 fully saturated rings. The highest BCUT2D eigenvalue weighted by Gasteiger charge is 2.33. The van der Waals surface area contributed by atoms with Crippen LogP contribution in [0.15, 0.2) is 59.7 Å². The third-order valence-corrected chi connectivity index (χ3v) is 4.19. The number of unbranched alkanes of at least 4 members (excludes halogenated alkanes) is 2. The number of nitrogens with one attached hydrogen (secondary N) is 1. The SMILES string of the molecule is CCCCCN1C(=O)/C(=N\NC(=O)c2ccccc2)c2ccccc21. The molecule has 5 heteroatoms. The second-order valence-electron chi connectivity index (χ2n) is 5.95. The first-order valence-electron chi connectivity index (χ1n) is 8.56. The number of hydrogen-bond acceptors (Lipinski definition) is 3. The molecule has 1 N–H and O–H groups in total. The van der Waals surface area contributed by atoms with Gasteiger partial charge >= 0.3 is 0 Å². The number of carbonyl (C=O) groups excluding carboxylic acids is 2. The molecule has 25 heavy (non-hydrogen) atoms. The minimum absolute atomic E-state index is 0.161. The van der Waals surface area contributed by atoms with E-state index in [1.807, 2.05) is 30.3 Å². The first kappa shape index (κ1) is 16.9. The van der Waals surface area contributed by atoms with E-state index < -0.39 is 0 Å². The predicted molar refractivity (Wildman–Crippen MR) is 98.8 cm³/mol. The number of nitrogens with zero attached hydrogens (tertiary/aromatic N) is 2. The largest absolute Gasteiger partial charge is 0.306 e. The molecule has 2 aromatic carbocycles. The number of para-hydroxylation sites is 1. The molecule has 0 aromatic heterocycles. The molecule has 0 radical (unpaired) electrons. The van der Waals surface area contributed by atoms with E-state index in [2.05, 4.69) is 17.5 Å². The molecule has 0 spiro atoms. The molecule has 2 aromatic rings. The number of rotatable bonds is 6. The van der Waals surface area contributed by atoms with Crippen molar-refractivity contribution in [3.8, 4) is 0 Å². The van der Waals surface area contributed by atoms with Crippen LogP contribution in [-0.2, 0) is 4.79 Å². The second kappa shape index (κ2) is 7.75. The zero-order chi connectivity index (χ0) is 17.6. The zero-order valence-electron chi connectivity index (χ0n) is 14.2. The summed E-state index contributed by atoms with van der Waals surface area (Å²) in [5.41, 5.74) is 4.91. The molecule has 128 valence electrons. The number of amides is 2. The van der Waals surface area contributed by atoms with Crippen molar-refractivity contribution in [2.45, 2.75) is 26.2 Å². The number of benzene rings is 2. The Morgan fingerprint density at radius 3 is 2.52 bits per heavy atom. The smallest absolute Gasteiger partial charge is 0.279 e. The summed E-state index contributed by atoms with van der Waals surface area (Å²) in [7, 11) is 0. The van der Waals surface area contributed by atoms with Crippen molar-refractivity contribution in [1.82, 2.24) is 5.43 Å². The number of anilines is 1. The number of fused-ring (bicyclic) bond motifs is 1. The van der Waals surface area contributed by atoms with Crippen LogP contribution in [0.5, 0.6) is 0 Å². The Kier molecular flexibility index (Phi) is 5.23. The molecule has 0 saturated carbocycles. The fraction of sp³-hybridized carbons (Fsp3) is 0.250. The third-order valence-electron chi connectivity index (χ3n) is 4.19. The van der Waals surface area contributed by atoms with Crippen LogP contribution in [0.3, 0.4) is 0 Å². The van der Waals surface area contributed by atoms with Gasteiger partial charge in [-0.25, -0.2) is 5.43 Å². The Hall–Kier alpha value is -2.95. The van der Waals surface area contributed by atoms with Crippen molar-refractivity contribution in [2.75, 3.05) is 11.4 Å². The van der Waals surface area contributed by atoms with Crippen molar-refractivity contribution in [3.63, 3.8) is 0 Å². The minimum Gasteiger partial charge on any atom is -0.306 e. The third kappa shape index (κ3) is 3.60. The van der Waals surface area contributed by atoms with E-state index in [0.717, 1.165) is 30.5 Å². The lowest BCUT2D eigenvalue weighted by molar-refractivity contribution is -0.112. The average Bonchev–Trinajstić information content (AvgIpc) is 2.92. The van der Waals surface area contributed by atoms with Gasteiger partial charge in [-0.15, -0.1) is 0 Å². The first-order chi connectivity index (χ1) is 12.2. The number of hydrazone groups is 1. The molecule has 2 amide bonds. The minimum atomic E-state index is -0.331. The van der Waals surface area contributed by atoms with E-state index >= 15 is 0 Å². The van der Waals surface area contributed by atoms with E-state index in [1.54, 1.807) is 29.2 Å². The maximum Gasteiger partial charge on any atom is 0.279 e. The van der Waals surface area contributed by atoms with Gasteiger partial charge in [-0.1, -0.05) is 56.2 Å². The van der Waals surface area contributed by atoms with Crippen molar-refractivity contribution < 1.29 is 9.59 Å². The Bertz CT molecular complexity index is 800. The maximum absolute atomic E-state index is 12.7. The van der Waals surface area contributed by atoms with Crippen molar-refractivity contribution in [2.24, 2.45) is 5.10 Å². The summed E-state index contributed by atoms with van der Waals surface area (Å²) in [6.07, 6.45) is 3.11. The Balaban J connectivity index is 1.81. The van der Waals surface area contributed by atoms with Crippen LogP contribution < -0.4 is 10.3 Å². The number of carbonyl (C=O) groups is 2. The fourth-order valence-electron chi connectivity index (χ4n) is 2.87. The van der Waals surface area contributed by atoms with Crippen molar-refractivity contribution in [1.29, 1.82) is 0 Å². The van der Waals surface area contributed by atoms with Crippen molar-refractivity contribution >= 4 is 23.2 Å². The van der Waals surface area contributed by atoms with Crippen LogP contribution in [0.25, 0.3) is 0 Å². The van der Waals surface area contributed by atoms with E-state index in [9.17, 15) is 9.59 Å². The standard InChI is InChI=1S/C20H21N3O2/c1-2-3-9-14-23-17-13-8-7-12-16(17)18(20(23)25)21-22-19(24)15-10-5-4-6-11-15/h4-8,10-13H,2-3,9,14H2,1H3,(H,22,24)/b21-18-. The van der Waals surface area contributed by atoms with Gasteiger partial charge in [0.15, 0.2) is 5.71 Å². The molecule has 0 saturated heterocycles. The summed E-state index contributed by atoms with van der Waals surface area (Å²) >= 11 is 0. The lowest BCUT2D eigenvalue weighted by atomic mass is 10.1. The molecular weight excluding hydrogens is 314 g/mol. The van der Waals surface area contributed by atoms with Gasteiger partial charge in [0.25, 0.3) is 11.8 Å². The van der Waals surface area contributed by atoms with E-state index in [1.165, 1.54) is 0 Å². The molecule has 1 heterocycles. The van der Waals surface area contributed by atoms with Gasteiger partial charge in [0.1, 0.15) is 0 Å². The highest BCUT2D eigenvalue weighted by Crippen LogP contribution is 2.29. The maximum atomic E-state index is 12.7. The summed E-state index contributed by atoms with van der Waals surface area (Å²) in [5.74, 6) is -0.492. The summed E-state index contributed by atoms with van der Waals surface area (Å²) in [6, 6.07) is 16.4. The predicted octanol–water partition coefficient (Wildman–Crippen LogP) is 3.36. The van der Waals surface area contributed by atoms with Gasteiger partial charge in [0.2, 0.25) is 0 Å². The van der Waals surface area contributed by atoms with Crippen LogP contribution in [0, 0.1) is 0 Å². The van der Waals surface area contributed by atoms with Gasteiger partial charge in [0, 0.05) is 17.7 Å². The molecule has 0 aliphatic carbocycles. The lowest BCUT2D eigenvalue weighted by Gasteiger charge is -2.16. The highest BCUT2D eigenvalue weighted by molar-refractivity contribution is 6.54. The van der Waals surface area contributed by atoms with Crippen LogP contribution in [0.4, 0.5) is 5.69 Å². The van der Waals surface area contributed by atoms with Gasteiger partial charge in [-0.3, -0.25) is 9.59 Å². The molecule has 1 aliphatic heterocycles. The van der Waals surface area contributed by atoms with Gasteiger partial charge < -0.3 is 4.90 Å². The van der Waals surface area contributed by atoms with Crippen LogP contribution >= 0.6 is 0 Å². The van der Waals surface area contributed by atoms with Gasteiger partial charge in [0.05, 0.1) is 5.69 Å². The molecule has 0 unspecified atom stereocenters. The van der Waals surface area contributed by atoms with Crippen LogP contribution in [0.2, 0.25) is 0 Å². The summed E-state index contributed by atoms with van der Waals surface area (Å²) < 4.78 is 0. The average molecular weight is 335 g/mol. The second-order valence-corrected chi connectivity index (χ2v) is 5.95. The molecule has 1 aliphatic rings. The lowest BCUT2D eigenvalue weighted by Crippen LogP contribution is -2.32. The Morgan fingerprint density at radius 2 is 1.76 bits per heavy atom. The topological polar surface area (TPSA) is 61.8 Å². The molecule has 5 nitrogen and oxygen atoms in total. The Labute approximate surface area is 147 Å². The number of hydrogen-bond donors (Lipinski definition) is 1. The van der Waals surface area contributed by atoms with E-state index in [0.29, 0.717) is 12.1 Å². The van der Waals surface area contributed by atoms with Crippen LogP contribution in [-0.4, -0.2) is 24.1 Å². The molecular formula is C20H21N3O2. The zero-order valence-corrected chi connectivity index (χ0v) is 14.2. The van der Waals surface area contributed by atoms with Gasteiger partial charge in [-0.05, 0) is 24.6 Å². The molecule has 0 bridgehead atoms. The van der Waals surface area contributed by atoms with Crippen LogP contribution in [0.1, 0.15) is 42.1 Å². The van der Waals surface area contributed by atoms with E-state index in [-0.39, 0.29) is 17.5 Å². The van der Waals surface area contributed by atoms with E-state index in [4.69, 9.17) is 0 Å². The first-order valence-corrected chi connectivity index (χ1v) is 8.56. The summed E-state index contributed by atoms with van der Waals surface area (Å²) in [5, 5.41) is 4.13. The Morgan fingerprint density at radius 1 is 1.04 bits per heavy atom. The monoisotopic (exact) mass is 335 g/mol. The van der Waals surface area contributed by atoms with Gasteiger partial charge in [-0.2, -0.15) is 5.10 Å². The fourth-order valence-corrected chi connectivity index (χ4v) is 2.87. The quantitative estimate of drug-likeness (QED) is 0.650. The molecule has 0 atom stereocenters. The summed E-state index contributed by atoms with van der Waals surface area (Å²) in [6.45, 7) is 2.79. The normalized spacial score (nSPS) is 14.7. The highest BCUT2D eigenvalue weighted by atomic mass is 16.2. The summed E-state index contributed by atoms with van der Waals surface area (Å²) in [4.78, 5) is 26.7. The molecule has 3 rings (SSSR count).